The Morgan fingerprint density at radius 2 is 2.05 bits per heavy atom. The van der Waals surface area contributed by atoms with Crippen molar-refractivity contribution in [3.63, 3.8) is 0 Å². The number of imidazole rings is 1. The number of benzene rings is 1. The lowest BCUT2D eigenvalue weighted by molar-refractivity contribution is 0.630. The van der Waals surface area contributed by atoms with Crippen molar-refractivity contribution < 1.29 is 4.39 Å². The van der Waals surface area contributed by atoms with Gasteiger partial charge in [0.1, 0.15) is 23.2 Å². The summed E-state index contributed by atoms with van der Waals surface area (Å²) in [5.74, 6) is 1.20. The molecule has 4 heteroatoms. The van der Waals surface area contributed by atoms with Gasteiger partial charge in [-0.05, 0) is 32.4 Å². The van der Waals surface area contributed by atoms with E-state index in [-0.39, 0.29) is 5.82 Å². The third-order valence-corrected chi connectivity index (χ3v) is 3.25. The smallest absolute Gasteiger partial charge is 0.132 e. The maximum absolute atomic E-state index is 14.0. The van der Waals surface area contributed by atoms with E-state index in [2.05, 4.69) is 11.9 Å². The summed E-state index contributed by atoms with van der Waals surface area (Å²) in [4.78, 5) is 4.54. The van der Waals surface area contributed by atoms with Crippen molar-refractivity contribution in [2.24, 2.45) is 0 Å². The number of rotatable bonds is 4. The topological polar surface area (TPSA) is 43.8 Å². The summed E-state index contributed by atoms with van der Waals surface area (Å²) in [6.07, 6.45) is 1.84. The highest BCUT2D eigenvalue weighted by atomic mass is 19.1. The van der Waals surface area contributed by atoms with Crippen molar-refractivity contribution in [1.29, 1.82) is 0 Å². The van der Waals surface area contributed by atoms with Crippen molar-refractivity contribution in [3.8, 4) is 11.3 Å². The van der Waals surface area contributed by atoms with Gasteiger partial charge in [0.15, 0.2) is 0 Å². The molecule has 0 fully saturated rings. The molecule has 3 nitrogen and oxygen atoms in total. The van der Waals surface area contributed by atoms with Gasteiger partial charge < -0.3 is 10.3 Å². The monoisotopic (exact) mass is 261 g/mol. The van der Waals surface area contributed by atoms with Crippen LogP contribution in [0.25, 0.3) is 11.3 Å². The van der Waals surface area contributed by atoms with Crippen LogP contribution in [0.4, 0.5) is 10.2 Å². The van der Waals surface area contributed by atoms with Crippen LogP contribution in [0.1, 0.15) is 31.7 Å². The van der Waals surface area contributed by atoms with Crippen LogP contribution in [-0.4, -0.2) is 9.55 Å². The highest BCUT2D eigenvalue weighted by Gasteiger charge is 2.17. The number of anilines is 1. The second-order valence-electron chi connectivity index (χ2n) is 4.74. The molecule has 0 atom stereocenters. The summed E-state index contributed by atoms with van der Waals surface area (Å²) < 4.78 is 15.9. The van der Waals surface area contributed by atoms with Gasteiger partial charge in [-0.15, -0.1) is 0 Å². The summed E-state index contributed by atoms with van der Waals surface area (Å²) in [6.45, 7) is 6.80. The van der Waals surface area contributed by atoms with E-state index in [1.165, 1.54) is 6.07 Å². The highest BCUT2D eigenvalue weighted by Crippen LogP contribution is 2.29. The maximum atomic E-state index is 14.0. The van der Waals surface area contributed by atoms with E-state index < -0.39 is 0 Å². The summed E-state index contributed by atoms with van der Waals surface area (Å²) in [5.41, 5.74) is 8.18. The van der Waals surface area contributed by atoms with Crippen LogP contribution >= 0.6 is 0 Å². The molecule has 2 aromatic rings. The van der Waals surface area contributed by atoms with Gasteiger partial charge in [0.2, 0.25) is 0 Å². The first-order chi connectivity index (χ1) is 9.08. The van der Waals surface area contributed by atoms with E-state index in [0.717, 1.165) is 30.8 Å². The van der Waals surface area contributed by atoms with Crippen LogP contribution in [0.2, 0.25) is 0 Å². The fourth-order valence-corrected chi connectivity index (χ4v) is 2.30. The average Bonchev–Trinajstić information content (AvgIpc) is 2.69. The number of aryl methyl sites for hydroxylation is 2. The SMILES string of the molecule is CCCc1nc(-c2cc(C)ccc2F)c(N)n1CC. The van der Waals surface area contributed by atoms with E-state index in [1.54, 1.807) is 12.1 Å². The fourth-order valence-electron chi connectivity index (χ4n) is 2.30. The zero-order valence-electron chi connectivity index (χ0n) is 11.7. The zero-order chi connectivity index (χ0) is 14.0. The molecule has 0 saturated carbocycles. The van der Waals surface area contributed by atoms with Crippen molar-refractivity contribution in [2.45, 2.75) is 40.2 Å². The van der Waals surface area contributed by atoms with Gasteiger partial charge in [-0.1, -0.05) is 18.6 Å². The third kappa shape index (κ3) is 2.48. The molecule has 1 aromatic carbocycles. The van der Waals surface area contributed by atoms with Crippen LogP contribution < -0.4 is 5.73 Å². The van der Waals surface area contributed by atoms with E-state index in [1.807, 2.05) is 18.4 Å². The first-order valence-electron chi connectivity index (χ1n) is 6.69. The molecule has 19 heavy (non-hydrogen) atoms. The Kier molecular flexibility index (Phi) is 3.88. The number of nitrogen functional groups attached to an aromatic ring is 1. The summed E-state index contributed by atoms with van der Waals surface area (Å²) in [5, 5.41) is 0. The number of halogens is 1. The lowest BCUT2D eigenvalue weighted by Crippen LogP contribution is -2.05. The lowest BCUT2D eigenvalue weighted by atomic mass is 10.1. The Labute approximate surface area is 113 Å². The number of hydrogen-bond donors (Lipinski definition) is 1. The Morgan fingerprint density at radius 1 is 1.32 bits per heavy atom. The Morgan fingerprint density at radius 3 is 2.68 bits per heavy atom. The molecule has 0 aliphatic rings. The molecular weight excluding hydrogens is 241 g/mol. The van der Waals surface area contributed by atoms with Crippen LogP contribution in [0.3, 0.4) is 0 Å². The van der Waals surface area contributed by atoms with E-state index >= 15 is 0 Å². The molecule has 0 aliphatic heterocycles. The maximum Gasteiger partial charge on any atom is 0.132 e. The van der Waals surface area contributed by atoms with Gasteiger partial charge in [-0.2, -0.15) is 0 Å². The Balaban J connectivity index is 2.59. The second-order valence-corrected chi connectivity index (χ2v) is 4.74. The fraction of sp³-hybridized carbons (Fsp3) is 0.400. The molecule has 0 saturated heterocycles. The Hall–Kier alpha value is -1.84. The van der Waals surface area contributed by atoms with Crippen molar-refractivity contribution in [2.75, 3.05) is 5.73 Å². The van der Waals surface area contributed by atoms with Crippen molar-refractivity contribution in [1.82, 2.24) is 9.55 Å². The summed E-state index contributed by atoms with van der Waals surface area (Å²) in [7, 11) is 0. The predicted octanol–water partition coefficient (Wildman–Crippen LogP) is 3.55. The standard InChI is InChI=1S/C15H20FN3/c1-4-6-13-18-14(15(17)19(13)5-2)11-9-10(3)7-8-12(11)16/h7-9H,4-6,17H2,1-3H3. The summed E-state index contributed by atoms with van der Waals surface area (Å²) in [6, 6.07) is 5.01. The van der Waals surface area contributed by atoms with Gasteiger partial charge in [0, 0.05) is 18.5 Å². The Bertz CT molecular complexity index is 587. The first kappa shape index (κ1) is 13.6. The molecule has 2 N–H and O–H groups in total. The van der Waals surface area contributed by atoms with Gasteiger partial charge in [0.25, 0.3) is 0 Å². The molecule has 0 spiro atoms. The zero-order valence-corrected chi connectivity index (χ0v) is 11.7. The average molecular weight is 261 g/mol. The molecule has 0 amide bonds. The summed E-state index contributed by atoms with van der Waals surface area (Å²) >= 11 is 0. The van der Waals surface area contributed by atoms with Crippen LogP contribution in [0.5, 0.6) is 0 Å². The van der Waals surface area contributed by atoms with E-state index in [0.29, 0.717) is 17.1 Å². The third-order valence-electron chi connectivity index (χ3n) is 3.25. The minimum Gasteiger partial charge on any atom is -0.383 e. The molecule has 102 valence electrons. The van der Waals surface area contributed by atoms with E-state index in [4.69, 9.17) is 5.73 Å². The minimum absolute atomic E-state index is 0.277. The molecule has 1 heterocycles. The van der Waals surface area contributed by atoms with Crippen LogP contribution in [-0.2, 0) is 13.0 Å². The molecule has 1 aromatic heterocycles. The van der Waals surface area contributed by atoms with E-state index in [9.17, 15) is 4.39 Å². The lowest BCUT2D eigenvalue weighted by Gasteiger charge is -2.06. The van der Waals surface area contributed by atoms with Crippen molar-refractivity contribution >= 4 is 5.82 Å². The number of nitrogens with two attached hydrogens (primary N) is 1. The number of nitrogens with zero attached hydrogens (tertiary/aromatic N) is 2. The molecule has 0 bridgehead atoms. The van der Waals surface area contributed by atoms with Crippen LogP contribution in [0, 0.1) is 12.7 Å². The number of hydrogen-bond acceptors (Lipinski definition) is 2. The molecule has 0 unspecified atom stereocenters. The van der Waals surface area contributed by atoms with Gasteiger partial charge in [-0.25, -0.2) is 9.37 Å². The predicted molar refractivity (Wildman–Crippen MR) is 76.4 cm³/mol. The highest BCUT2D eigenvalue weighted by molar-refractivity contribution is 5.72. The molecule has 0 aliphatic carbocycles. The quantitative estimate of drug-likeness (QED) is 0.914. The largest absolute Gasteiger partial charge is 0.383 e. The minimum atomic E-state index is -0.277. The van der Waals surface area contributed by atoms with Gasteiger partial charge in [-0.3, -0.25) is 0 Å². The van der Waals surface area contributed by atoms with Gasteiger partial charge >= 0.3 is 0 Å². The normalized spacial score (nSPS) is 10.9. The molecular formula is C15H20FN3. The first-order valence-corrected chi connectivity index (χ1v) is 6.69. The second kappa shape index (κ2) is 5.43. The molecule has 0 radical (unpaired) electrons. The molecule has 2 rings (SSSR count). The van der Waals surface area contributed by atoms with Crippen molar-refractivity contribution in [3.05, 3.63) is 35.4 Å². The number of aromatic nitrogens is 2. The van der Waals surface area contributed by atoms with Gasteiger partial charge in [0.05, 0.1) is 0 Å². The van der Waals surface area contributed by atoms with Crippen LogP contribution in [0.15, 0.2) is 18.2 Å².